The minimum absolute atomic E-state index is 0.0539. The molecule has 1 aliphatic rings. The lowest BCUT2D eigenvalue weighted by Crippen LogP contribution is -2.14. The van der Waals surface area contributed by atoms with Crippen LogP contribution in [0.1, 0.15) is 25.0 Å². The third-order valence-electron chi connectivity index (χ3n) is 15.0. The standard InChI is InChI=1S/C71H52N2/c1-71(2)67-34-16-28-58-48-66(65-33-17-35-68(71)70(65)69(58)67)57-27-15-32-64(47-57)73(63-31-14-26-56(46-63)51-22-10-5-11-23-51)60-42-38-53(39-43-60)52-36-40-59(41-37-52)72(61-29-12-24-54(44-61)49-18-6-3-7-19-49)62-30-13-25-55(45-62)50-20-8-4-9-21-50/h3-48H,1-2H3. The van der Waals surface area contributed by atoms with Crippen molar-refractivity contribution >= 4 is 55.7 Å². The van der Waals surface area contributed by atoms with Gasteiger partial charge in [-0.05, 0) is 167 Å². The molecule has 1 aliphatic carbocycles. The molecule has 73 heavy (non-hydrogen) atoms. The van der Waals surface area contributed by atoms with Crippen LogP contribution in [-0.2, 0) is 5.41 Å². The molecule has 0 spiro atoms. The molecule has 0 saturated heterocycles. The van der Waals surface area contributed by atoms with E-state index in [0.29, 0.717) is 0 Å². The van der Waals surface area contributed by atoms with Gasteiger partial charge in [0.2, 0.25) is 0 Å². The highest BCUT2D eigenvalue weighted by molar-refractivity contribution is 6.19. The average molecular weight is 933 g/mol. The highest BCUT2D eigenvalue weighted by Crippen LogP contribution is 2.51. The molecule has 0 saturated carbocycles. The Bertz CT molecular complexity index is 3890. The summed E-state index contributed by atoms with van der Waals surface area (Å²) in [6.45, 7) is 4.74. The second-order valence-electron chi connectivity index (χ2n) is 19.7. The van der Waals surface area contributed by atoms with E-state index in [1.54, 1.807) is 0 Å². The normalized spacial score (nSPS) is 12.4. The lowest BCUT2D eigenvalue weighted by Gasteiger charge is -2.27. The molecule has 0 unspecified atom stereocenters. The Morgan fingerprint density at radius 1 is 0.247 bits per heavy atom. The van der Waals surface area contributed by atoms with E-state index in [9.17, 15) is 0 Å². The largest absolute Gasteiger partial charge is 0.310 e. The van der Waals surface area contributed by atoms with Crippen LogP contribution in [0.5, 0.6) is 0 Å². The van der Waals surface area contributed by atoms with Gasteiger partial charge in [0.05, 0.1) is 0 Å². The second-order valence-corrected chi connectivity index (χ2v) is 19.7. The van der Waals surface area contributed by atoms with Crippen LogP contribution in [0.4, 0.5) is 34.1 Å². The fraction of sp³-hybridized carbons (Fsp3) is 0.0423. The maximum absolute atomic E-state index is 2.41. The van der Waals surface area contributed by atoms with Crippen molar-refractivity contribution in [3.8, 4) is 55.6 Å². The van der Waals surface area contributed by atoms with Gasteiger partial charge in [0.1, 0.15) is 0 Å². The first kappa shape index (κ1) is 43.8. The molecule has 0 bridgehead atoms. The summed E-state index contributed by atoms with van der Waals surface area (Å²) in [6, 6.07) is 102. The van der Waals surface area contributed by atoms with E-state index < -0.39 is 0 Å². The van der Waals surface area contributed by atoms with E-state index in [4.69, 9.17) is 0 Å². The predicted octanol–water partition coefficient (Wildman–Crippen LogP) is 19.9. The third-order valence-corrected chi connectivity index (χ3v) is 15.0. The molecule has 2 nitrogen and oxygen atoms in total. The van der Waals surface area contributed by atoms with Crippen LogP contribution in [0.2, 0.25) is 0 Å². The number of anilines is 6. The van der Waals surface area contributed by atoms with Crippen LogP contribution in [0.15, 0.2) is 279 Å². The molecule has 12 aromatic carbocycles. The van der Waals surface area contributed by atoms with Gasteiger partial charge in [0.25, 0.3) is 0 Å². The van der Waals surface area contributed by atoms with Gasteiger partial charge in [-0.1, -0.05) is 214 Å². The molecule has 0 aliphatic heterocycles. The molecule has 0 radical (unpaired) electrons. The maximum Gasteiger partial charge on any atom is 0.0467 e. The Morgan fingerprint density at radius 2 is 0.589 bits per heavy atom. The zero-order valence-electron chi connectivity index (χ0n) is 41.0. The van der Waals surface area contributed by atoms with Crippen molar-refractivity contribution in [1.82, 2.24) is 0 Å². The fourth-order valence-electron chi connectivity index (χ4n) is 11.4. The van der Waals surface area contributed by atoms with E-state index in [1.165, 1.54) is 77.2 Å². The second kappa shape index (κ2) is 18.2. The van der Waals surface area contributed by atoms with Gasteiger partial charge in [0.15, 0.2) is 0 Å². The summed E-state index contributed by atoms with van der Waals surface area (Å²) in [7, 11) is 0. The molecular formula is C71H52N2. The zero-order valence-corrected chi connectivity index (χ0v) is 41.0. The van der Waals surface area contributed by atoms with Crippen LogP contribution >= 0.6 is 0 Å². The van der Waals surface area contributed by atoms with Gasteiger partial charge in [-0.25, -0.2) is 0 Å². The molecule has 0 aromatic heterocycles. The van der Waals surface area contributed by atoms with Gasteiger partial charge in [-0.3, -0.25) is 0 Å². The van der Waals surface area contributed by atoms with Crippen LogP contribution in [0.3, 0.4) is 0 Å². The van der Waals surface area contributed by atoms with Crippen molar-refractivity contribution in [2.75, 3.05) is 9.80 Å². The molecule has 13 rings (SSSR count). The fourth-order valence-corrected chi connectivity index (χ4v) is 11.4. The molecule has 346 valence electrons. The van der Waals surface area contributed by atoms with Crippen molar-refractivity contribution in [2.45, 2.75) is 19.3 Å². The monoisotopic (exact) mass is 932 g/mol. The van der Waals surface area contributed by atoms with Gasteiger partial charge in [0, 0.05) is 39.5 Å². The van der Waals surface area contributed by atoms with E-state index in [1.807, 2.05) is 0 Å². The summed E-state index contributed by atoms with van der Waals surface area (Å²) in [5.41, 5.74) is 21.2. The van der Waals surface area contributed by atoms with E-state index in [0.717, 1.165) is 45.3 Å². The number of rotatable bonds is 11. The molecule has 0 N–H and O–H groups in total. The van der Waals surface area contributed by atoms with Gasteiger partial charge < -0.3 is 9.80 Å². The molecule has 0 amide bonds. The number of benzene rings is 12. The summed E-state index contributed by atoms with van der Waals surface area (Å²) >= 11 is 0. The summed E-state index contributed by atoms with van der Waals surface area (Å²) in [6.07, 6.45) is 0. The van der Waals surface area contributed by atoms with Crippen LogP contribution in [0.25, 0.3) is 77.2 Å². The van der Waals surface area contributed by atoms with Gasteiger partial charge >= 0.3 is 0 Å². The Balaban J connectivity index is 0.882. The topological polar surface area (TPSA) is 6.48 Å². The van der Waals surface area contributed by atoms with Crippen molar-refractivity contribution in [3.63, 3.8) is 0 Å². The molecule has 0 fully saturated rings. The number of hydrogen-bond donors (Lipinski definition) is 0. The van der Waals surface area contributed by atoms with Crippen LogP contribution < -0.4 is 9.80 Å². The molecule has 12 aromatic rings. The Labute approximate surface area is 428 Å². The minimum Gasteiger partial charge on any atom is -0.310 e. The SMILES string of the molecule is CC1(C)c2cccc3cc(-c4cccc(N(c5ccc(-c6ccc(N(c7cccc(-c8ccccc8)c7)c7cccc(-c8ccccc8)c7)cc6)cc5)c5cccc(-c6ccccc6)c5)c4)c4cccc1c4c23. The lowest BCUT2D eigenvalue weighted by atomic mass is 9.82. The highest BCUT2D eigenvalue weighted by Gasteiger charge is 2.34. The maximum atomic E-state index is 2.41. The Kier molecular flexibility index (Phi) is 10.9. The predicted molar refractivity (Wildman–Crippen MR) is 310 cm³/mol. The van der Waals surface area contributed by atoms with Gasteiger partial charge in [-0.15, -0.1) is 0 Å². The average Bonchev–Trinajstić information content (AvgIpc) is 3.71. The molecular weight excluding hydrogens is 881 g/mol. The Hall–Kier alpha value is -9.24. The van der Waals surface area contributed by atoms with Crippen LogP contribution in [0, 0.1) is 0 Å². The van der Waals surface area contributed by atoms with E-state index in [-0.39, 0.29) is 5.41 Å². The van der Waals surface area contributed by atoms with Gasteiger partial charge in [-0.2, -0.15) is 0 Å². The summed E-state index contributed by atoms with van der Waals surface area (Å²) in [5, 5.41) is 5.38. The Morgan fingerprint density at radius 3 is 1.03 bits per heavy atom. The summed E-state index contributed by atoms with van der Waals surface area (Å²) in [4.78, 5) is 4.77. The third kappa shape index (κ3) is 7.95. The highest BCUT2D eigenvalue weighted by atomic mass is 15.1. The first-order valence-electron chi connectivity index (χ1n) is 25.3. The number of nitrogens with zero attached hydrogens (tertiary/aromatic N) is 2. The van der Waals surface area contributed by atoms with Crippen molar-refractivity contribution in [3.05, 3.63) is 290 Å². The van der Waals surface area contributed by atoms with Crippen LogP contribution in [-0.4, -0.2) is 0 Å². The molecule has 0 atom stereocenters. The molecule has 2 heteroatoms. The quantitative estimate of drug-likeness (QED) is 0.119. The minimum atomic E-state index is -0.0539. The van der Waals surface area contributed by atoms with Crippen molar-refractivity contribution in [1.29, 1.82) is 0 Å². The summed E-state index contributed by atoms with van der Waals surface area (Å²) in [5.74, 6) is 0. The van der Waals surface area contributed by atoms with E-state index >= 15 is 0 Å². The smallest absolute Gasteiger partial charge is 0.0467 e. The molecule has 0 heterocycles. The number of hydrogen-bond acceptors (Lipinski definition) is 2. The zero-order chi connectivity index (χ0) is 48.9. The first-order chi connectivity index (χ1) is 35.9. The first-order valence-corrected chi connectivity index (χ1v) is 25.3. The lowest BCUT2D eigenvalue weighted by molar-refractivity contribution is 0.663. The van der Waals surface area contributed by atoms with Crippen molar-refractivity contribution < 1.29 is 0 Å². The van der Waals surface area contributed by atoms with Crippen molar-refractivity contribution in [2.24, 2.45) is 0 Å². The van der Waals surface area contributed by atoms with E-state index in [2.05, 4.69) is 303 Å². The summed E-state index contributed by atoms with van der Waals surface area (Å²) < 4.78 is 0.